The van der Waals surface area contributed by atoms with E-state index in [2.05, 4.69) is 31.2 Å². The first-order valence-corrected chi connectivity index (χ1v) is 6.26. The van der Waals surface area contributed by atoms with Crippen LogP contribution in [0, 0.1) is 0 Å². The second kappa shape index (κ2) is 6.66. The first kappa shape index (κ1) is 13.2. The van der Waals surface area contributed by atoms with Crippen molar-refractivity contribution in [3.63, 3.8) is 0 Å². The first-order chi connectivity index (χ1) is 7.64. The molecule has 0 unspecified atom stereocenters. The van der Waals surface area contributed by atoms with Crippen molar-refractivity contribution in [1.82, 2.24) is 0 Å². The van der Waals surface area contributed by atoms with Gasteiger partial charge in [-0.1, -0.05) is 50.1 Å². The minimum absolute atomic E-state index is 0.467. The summed E-state index contributed by atoms with van der Waals surface area (Å²) in [6.45, 7) is 2.17. The summed E-state index contributed by atoms with van der Waals surface area (Å²) < 4.78 is 0. The van der Waals surface area contributed by atoms with E-state index in [-0.39, 0.29) is 0 Å². The maximum atomic E-state index is 6.04. The summed E-state index contributed by atoms with van der Waals surface area (Å²) in [5.41, 5.74) is 13.0. The van der Waals surface area contributed by atoms with Crippen LogP contribution in [0.5, 0.6) is 0 Å². The molecule has 0 saturated heterocycles. The predicted octanol–water partition coefficient (Wildman–Crippen LogP) is 2.81. The number of nitrogens with two attached hydrogens (primary N) is 2. The van der Waals surface area contributed by atoms with E-state index in [1.165, 1.54) is 5.56 Å². The van der Waals surface area contributed by atoms with Crippen LogP contribution < -0.4 is 11.5 Å². The van der Waals surface area contributed by atoms with E-state index in [0.717, 1.165) is 38.5 Å². The van der Waals surface area contributed by atoms with Gasteiger partial charge < -0.3 is 11.5 Å². The molecule has 16 heavy (non-hydrogen) atoms. The van der Waals surface area contributed by atoms with Crippen LogP contribution in [0.2, 0.25) is 0 Å². The van der Waals surface area contributed by atoms with Crippen molar-refractivity contribution in [3.05, 3.63) is 35.9 Å². The molecule has 0 spiro atoms. The van der Waals surface area contributed by atoms with Gasteiger partial charge >= 0.3 is 0 Å². The summed E-state index contributed by atoms with van der Waals surface area (Å²) in [6.07, 6.45) is 6.26. The molecule has 0 aromatic heterocycles. The largest absolute Gasteiger partial charge is 0.313 e. The Hall–Kier alpha value is -0.860. The SMILES string of the molecule is CCCCC(N)(N)CCCc1ccccc1. The molecule has 1 aromatic carbocycles. The molecule has 0 radical (unpaired) electrons. The predicted molar refractivity (Wildman–Crippen MR) is 70.0 cm³/mol. The first-order valence-electron chi connectivity index (χ1n) is 6.26. The normalized spacial score (nSPS) is 11.7. The summed E-state index contributed by atoms with van der Waals surface area (Å²) >= 11 is 0. The van der Waals surface area contributed by atoms with Crippen LogP contribution >= 0.6 is 0 Å². The molecule has 1 aromatic rings. The van der Waals surface area contributed by atoms with Gasteiger partial charge in [-0.2, -0.15) is 0 Å². The molecule has 0 heterocycles. The molecule has 2 heteroatoms. The fourth-order valence-electron chi connectivity index (χ4n) is 1.90. The lowest BCUT2D eigenvalue weighted by molar-refractivity contribution is 0.357. The van der Waals surface area contributed by atoms with Gasteiger partial charge in [0.2, 0.25) is 0 Å². The lowest BCUT2D eigenvalue weighted by Gasteiger charge is -2.24. The van der Waals surface area contributed by atoms with Gasteiger partial charge in [-0.05, 0) is 31.2 Å². The van der Waals surface area contributed by atoms with Crippen LogP contribution in [-0.4, -0.2) is 5.66 Å². The topological polar surface area (TPSA) is 52.0 Å². The molecule has 0 aliphatic heterocycles. The Bertz CT molecular complexity index is 280. The van der Waals surface area contributed by atoms with Crippen LogP contribution in [0.4, 0.5) is 0 Å². The average Bonchev–Trinajstić information content (AvgIpc) is 2.28. The van der Waals surface area contributed by atoms with E-state index in [1.807, 2.05) is 6.07 Å². The maximum absolute atomic E-state index is 6.04. The van der Waals surface area contributed by atoms with Crippen LogP contribution in [0.15, 0.2) is 30.3 Å². The Morgan fingerprint density at radius 2 is 1.62 bits per heavy atom. The van der Waals surface area contributed by atoms with Gasteiger partial charge in [0.05, 0.1) is 5.66 Å². The standard InChI is InChI=1S/C14H24N2/c1-2-3-11-14(15,16)12-7-10-13-8-5-4-6-9-13/h4-6,8-9H,2-3,7,10-12,15-16H2,1H3. The summed E-state index contributed by atoms with van der Waals surface area (Å²) in [4.78, 5) is 0. The Morgan fingerprint density at radius 1 is 1.00 bits per heavy atom. The third-order valence-electron chi connectivity index (χ3n) is 2.95. The quantitative estimate of drug-likeness (QED) is 0.694. The fraction of sp³-hybridized carbons (Fsp3) is 0.571. The monoisotopic (exact) mass is 220 g/mol. The molecule has 0 aliphatic carbocycles. The van der Waals surface area contributed by atoms with Gasteiger partial charge in [-0.25, -0.2) is 0 Å². The molecule has 2 nitrogen and oxygen atoms in total. The summed E-state index contributed by atoms with van der Waals surface area (Å²) in [5, 5.41) is 0. The van der Waals surface area contributed by atoms with Crippen LogP contribution in [0.3, 0.4) is 0 Å². The molecule has 0 bridgehead atoms. The lowest BCUT2D eigenvalue weighted by atomic mass is 9.96. The van der Waals surface area contributed by atoms with Gasteiger partial charge in [0.25, 0.3) is 0 Å². The van der Waals surface area contributed by atoms with Crippen LogP contribution in [-0.2, 0) is 6.42 Å². The second-order valence-electron chi connectivity index (χ2n) is 4.68. The van der Waals surface area contributed by atoms with E-state index in [0.29, 0.717) is 0 Å². The number of rotatable bonds is 7. The fourth-order valence-corrected chi connectivity index (χ4v) is 1.90. The zero-order valence-electron chi connectivity index (χ0n) is 10.3. The van der Waals surface area contributed by atoms with E-state index in [9.17, 15) is 0 Å². The molecule has 4 N–H and O–H groups in total. The highest BCUT2D eigenvalue weighted by molar-refractivity contribution is 5.14. The van der Waals surface area contributed by atoms with Crippen molar-refractivity contribution in [2.24, 2.45) is 11.5 Å². The van der Waals surface area contributed by atoms with Gasteiger partial charge in [-0.3, -0.25) is 0 Å². The van der Waals surface area contributed by atoms with Gasteiger partial charge in [0.15, 0.2) is 0 Å². The van der Waals surface area contributed by atoms with E-state index in [1.54, 1.807) is 0 Å². The van der Waals surface area contributed by atoms with Crippen molar-refractivity contribution in [1.29, 1.82) is 0 Å². The molecule has 0 fully saturated rings. The maximum Gasteiger partial charge on any atom is 0.0636 e. The third-order valence-corrected chi connectivity index (χ3v) is 2.95. The van der Waals surface area contributed by atoms with Crippen molar-refractivity contribution < 1.29 is 0 Å². The summed E-state index contributed by atoms with van der Waals surface area (Å²) in [5.74, 6) is 0. The number of hydrogen-bond acceptors (Lipinski definition) is 2. The van der Waals surface area contributed by atoms with E-state index < -0.39 is 5.66 Å². The summed E-state index contributed by atoms with van der Waals surface area (Å²) in [6, 6.07) is 10.5. The van der Waals surface area contributed by atoms with Crippen LogP contribution in [0.1, 0.15) is 44.6 Å². The Kier molecular flexibility index (Phi) is 5.50. The van der Waals surface area contributed by atoms with E-state index in [4.69, 9.17) is 11.5 Å². The molecule has 0 amide bonds. The van der Waals surface area contributed by atoms with Gasteiger partial charge in [-0.15, -0.1) is 0 Å². The molecular weight excluding hydrogens is 196 g/mol. The van der Waals surface area contributed by atoms with Crippen LogP contribution in [0.25, 0.3) is 0 Å². The molecule has 0 aliphatic rings. The van der Waals surface area contributed by atoms with Crippen molar-refractivity contribution in [2.75, 3.05) is 0 Å². The molecule has 0 atom stereocenters. The smallest absolute Gasteiger partial charge is 0.0636 e. The number of unbranched alkanes of at least 4 members (excludes halogenated alkanes) is 1. The highest BCUT2D eigenvalue weighted by Gasteiger charge is 2.17. The Balaban J connectivity index is 2.24. The molecular formula is C14H24N2. The lowest BCUT2D eigenvalue weighted by Crippen LogP contribution is -2.49. The summed E-state index contributed by atoms with van der Waals surface area (Å²) in [7, 11) is 0. The van der Waals surface area contributed by atoms with Gasteiger partial charge in [0, 0.05) is 0 Å². The van der Waals surface area contributed by atoms with Gasteiger partial charge in [0.1, 0.15) is 0 Å². The van der Waals surface area contributed by atoms with E-state index >= 15 is 0 Å². The molecule has 1 rings (SSSR count). The number of aryl methyl sites for hydroxylation is 1. The minimum Gasteiger partial charge on any atom is -0.313 e. The minimum atomic E-state index is -0.467. The molecule has 90 valence electrons. The van der Waals surface area contributed by atoms with Crippen molar-refractivity contribution >= 4 is 0 Å². The van der Waals surface area contributed by atoms with Crippen molar-refractivity contribution in [2.45, 2.75) is 51.1 Å². The highest BCUT2D eigenvalue weighted by atomic mass is 14.9. The Labute approximate surface area is 99.0 Å². The van der Waals surface area contributed by atoms with Crippen molar-refractivity contribution in [3.8, 4) is 0 Å². The number of hydrogen-bond donors (Lipinski definition) is 2. The zero-order valence-corrected chi connectivity index (χ0v) is 10.3. The average molecular weight is 220 g/mol. The highest BCUT2D eigenvalue weighted by Crippen LogP contribution is 2.14. The molecule has 0 saturated carbocycles. The second-order valence-corrected chi connectivity index (χ2v) is 4.68. The third kappa shape index (κ3) is 5.29. The number of benzene rings is 1. The Morgan fingerprint density at radius 3 is 2.25 bits per heavy atom. The zero-order chi connectivity index (χ0) is 11.9.